The van der Waals surface area contributed by atoms with Gasteiger partial charge < -0.3 is 9.80 Å². The van der Waals surface area contributed by atoms with Gasteiger partial charge in [-0.15, -0.1) is 28.9 Å². The van der Waals surface area contributed by atoms with Gasteiger partial charge in [0.25, 0.3) is 0 Å². The number of halogens is 2. The van der Waals surface area contributed by atoms with Crippen molar-refractivity contribution in [2.24, 2.45) is 5.41 Å². The molecule has 3 aliphatic carbocycles. The zero-order valence-electron chi connectivity index (χ0n) is 33.0. The van der Waals surface area contributed by atoms with Gasteiger partial charge in [0.05, 0.1) is 9.99 Å². The molecule has 0 spiro atoms. The molecule has 6 rings (SSSR count). The molecule has 2 nitrogen and oxygen atoms in total. The second-order valence-corrected chi connectivity index (χ2v) is 21.7. The first-order valence-corrected chi connectivity index (χ1v) is 22.0. The van der Waals surface area contributed by atoms with E-state index in [1.807, 2.05) is 0 Å². The maximum absolute atomic E-state index is 8.39. The second-order valence-electron chi connectivity index (χ2n) is 17.3. The van der Waals surface area contributed by atoms with Crippen LogP contribution in [0.4, 0.5) is 11.4 Å². The summed E-state index contributed by atoms with van der Waals surface area (Å²) in [4.78, 5) is 5.23. The number of aryl methyl sites for hydroxylation is 6. The summed E-state index contributed by atoms with van der Waals surface area (Å²) < 4.78 is -0.419. The van der Waals surface area contributed by atoms with Crippen LogP contribution in [0.1, 0.15) is 131 Å². The third-order valence-corrected chi connectivity index (χ3v) is 17.2. The van der Waals surface area contributed by atoms with Crippen molar-refractivity contribution in [2.75, 3.05) is 22.9 Å². The molecule has 0 aromatic heterocycles. The number of hydrogen-bond donors (Lipinski definition) is 0. The molecule has 4 fully saturated rings. The van der Waals surface area contributed by atoms with Crippen molar-refractivity contribution >= 4 is 42.5 Å². The predicted molar refractivity (Wildman–Crippen MR) is 222 cm³/mol. The number of rotatable bonds is 5. The van der Waals surface area contributed by atoms with E-state index in [1.54, 1.807) is 0 Å². The van der Waals surface area contributed by atoms with Crippen molar-refractivity contribution in [3.05, 3.63) is 86.4 Å². The van der Waals surface area contributed by atoms with E-state index in [2.05, 4.69) is 108 Å². The quantitative estimate of drug-likeness (QED) is 0.128. The average molecular weight is 835 g/mol. The Morgan fingerprint density at radius 3 is 1.53 bits per heavy atom. The zero-order valence-corrected chi connectivity index (χ0v) is 37.1. The molecule has 2 aromatic carbocycles. The normalized spacial score (nSPS) is 23.9. The van der Waals surface area contributed by atoms with Crippen molar-refractivity contribution in [3.63, 3.8) is 0 Å². The Hall–Kier alpha value is -1.07. The van der Waals surface area contributed by atoms with Crippen molar-refractivity contribution in [3.8, 4) is 0 Å². The number of allylic oxidation sites excluding steroid dienone is 2. The Balaban J connectivity index is 0.00000504. The van der Waals surface area contributed by atoms with Crippen molar-refractivity contribution in [2.45, 2.75) is 161 Å². The van der Waals surface area contributed by atoms with Gasteiger partial charge in [-0.1, -0.05) is 103 Å². The molecule has 51 heavy (non-hydrogen) atoms. The van der Waals surface area contributed by atoms with Gasteiger partial charge in [0.15, 0.2) is 0 Å². The summed E-state index contributed by atoms with van der Waals surface area (Å²) >= 11 is 16.5. The molecule has 0 bridgehead atoms. The third kappa shape index (κ3) is 8.60. The van der Waals surface area contributed by atoms with Gasteiger partial charge in [-0.3, -0.25) is 0 Å². The van der Waals surface area contributed by atoms with Crippen LogP contribution in [-0.2, 0) is 19.5 Å². The Morgan fingerprint density at radius 2 is 1.14 bits per heavy atom. The monoisotopic (exact) mass is 834 g/mol. The van der Waals surface area contributed by atoms with Crippen LogP contribution in [0, 0.1) is 47.0 Å². The predicted octanol–water partition coefficient (Wildman–Crippen LogP) is 13.7. The van der Waals surface area contributed by atoms with E-state index >= 15 is 0 Å². The fraction of sp³-hybridized carbons (Fsp3) is 0.622. The summed E-state index contributed by atoms with van der Waals surface area (Å²) in [5.74, 6) is 1.28. The van der Waals surface area contributed by atoms with E-state index in [0.717, 1.165) is 37.2 Å². The summed E-state index contributed by atoms with van der Waals surface area (Å²) in [5, 5.41) is -0.299. The molecule has 0 radical (unpaired) electrons. The minimum atomic E-state index is -0.468. The van der Waals surface area contributed by atoms with E-state index in [1.165, 1.54) is 126 Å². The van der Waals surface area contributed by atoms with Crippen LogP contribution in [0.15, 0.2) is 53.0 Å². The molecule has 6 heteroatoms. The zero-order chi connectivity index (χ0) is 36.0. The summed E-state index contributed by atoms with van der Waals surface area (Å²) in [6.45, 7) is 22.2. The summed E-state index contributed by atoms with van der Waals surface area (Å²) in [5.41, 5.74) is 18.5. The molecule has 4 aliphatic rings. The first-order valence-electron chi connectivity index (χ1n) is 19.7. The van der Waals surface area contributed by atoms with Crippen LogP contribution in [0.5, 0.6) is 0 Å². The van der Waals surface area contributed by atoms with E-state index in [-0.39, 0.29) is 30.3 Å². The number of hydrogen-bond acceptors (Lipinski definition) is 2. The summed E-state index contributed by atoms with van der Waals surface area (Å²) in [6, 6.07) is 9.38. The molecule has 2 unspecified atom stereocenters. The van der Waals surface area contributed by atoms with Crippen LogP contribution in [0.3, 0.4) is 0 Å². The first-order chi connectivity index (χ1) is 23.7. The van der Waals surface area contributed by atoms with Crippen LogP contribution in [-0.4, -0.2) is 34.4 Å². The Bertz CT molecular complexity index is 1540. The maximum atomic E-state index is 8.39. The van der Waals surface area contributed by atoms with Gasteiger partial charge in [-0.05, 0) is 131 Å². The van der Waals surface area contributed by atoms with Gasteiger partial charge in [0, 0.05) is 30.0 Å². The molecule has 0 amide bonds. The minimum Gasteiger partial charge on any atom is -0.325 e. The number of nitrogens with zero attached hydrogens (tertiary/aromatic N) is 2. The SMILES string of the molecule is Cc1cc(C)c(N2CCN(c3c(C)cc(C)cc3C)C2=C2CCC(Cl)(P(C3CCCCC3)C3CCCCC3)C(=C=CC(C)(C)C)C2Cl)c(C)c1.[Ru+2]. The largest absolute Gasteiger partial charge is 2.00 e. The smallest absolute Gasteiger partial charge is 0.325 e. The molecule has 2 atom stereocenters. The van der Waals surface area contributed by atoms with Crippen molar-refractivity contribution < 1.29 is 19.5 Å². The van der Waals surface area contributed by atoms with E-state index in [9.17, 15) is 0 Å². The van der Waals surface area contributed by atoms with Gasteiger partial charge in [0.2, 0.25) is 0 Å². The molecular formula is C45H63Cl2N2PRu+2. The maximum Gasteiger partial charge on any atom is 2.00 e. The number of anilines is 2. The molecular weight excluding hydrogens is 771 g/mol. The third-order valence-electron chi connectivity index (χ3n) is 11.9. The number of benzene rings is 2. The van der Waals surface area contributed by atoms with Crippen LogP contribution < -0.4 is 9.80 Å². The Kier molecular flexibility index (Phi) is 13.5. The molecule has 1 saturated heterocycles. The summed E-state index contributed by atoms with van der Waals surface area (Å²) in [7, 11) is -0.468. The molecule has 1 heterocycles. The fourth-order valence-corrected chi connectivity index (χ4v) is 16.1. The second kappa shape index (κ2) is 16.7. The summed E-state index contributed by atoms with van der Waals surface area (Å²) in [6.07, 6.45) is 17.7. The van der Waals surface area contributed by atoms with Gasteiger partial charge in [-0.25, -0.2) is 0 Å². The van der Waals surface area contributed by atoms with E-state index < -0.39 is 12.5 Å². The molecule has 0 N–H and O–H groups in total. The van der Waals surface area contributed by atoms with Crippen molar-refractivity contribution in [1.82, 2.24) is 0 Å². The van der Waals surface area contributed by atoms with Crippen LogP contribution in [0.25, 0.3) is 0 Å². The number of alkyl halides is 2. The standard InChI is InChI=1S/C45H63Cl2N2P.Ru/c1-30-26-32(3)41(33(4)27-30)48-24-25-49(42-34(5)28-31(2)29-35(42)6)43(48)38-20-23-45(47,39(40(38)46)21-22-44(7,8)9)50(36-16-12-10-13-17-36)37-18-14-11-15-19-37;/h22,26-29,36-37,40H,10-20,23-25H2,1-9H3;/q;+2. The van der Waals surface area contributed by atoms with Crippen LogP contribution in [0.2, 0.25) is 0 Å². The first kappa shape index (κ1) is 41.1. The fourth-order valence-electron chi connectivity index (χ4n) is 10.0. The van der Waals surface area contributed by atoms with Gasteiger partial charge in [0.1, 0.15) is 5.82 Å². The topological polar surface area (TPSA) is 6.48 Å². The van der Waals surface area contributed by atoms with Crippen LogP contribution >= 0.6 is 31.1 Å². The minimum absolute atomic E-state index is 0. The molecule has 3 saturated carbocycles. The average Bonchev–Trinajstić information content (AvgIpc) is 3.44. The van der Waals surface area contributed by atoms with E-state index in [4.69, 9.17) is 23.2 Å². The Morgan fingerprint density at radius 1 is 0.725 bits per heavy atom. The Labute approximate surface area is 335 Å². The van der Waals surface area contributed by atoms with E-state index in [0.29, 0.717) is 0 Å². The molecule has 278 valence electrons. The van der Waals surface area contributed by atoms with Gasteiger partial charge >= 0.3 is 19.5 Å². The molecule has 2 aromatic rings. The van der Waals surface area contributed by atoms with Crippen molar-refractivity contribution in [1.29, 1.82) is 0 Å². The van der Waals surface area contributed by atoms with Gasteiger partial charge in [-0.2, -0.15) is 0 Å². The molecule has 1 aliphatic heterocycles.